The monoisotopic (exact) mass is 419 g/mol. The Kier molecular flexibility index (Phi) is 5.50. The molecule has 0 spiro atoms. The number of hydrogen-bond acceptors (Lipinski definition) is 5. The molecular weight excluding hydrogens is 402 g/mol. The molecule has 2 aromatic heterocycles. The smallest absolute Gasteiger partial charge is 0.265 e. The number of anilines is 2. The second-order valence-electron chi connectivity index (χ2n) is 6.30. The van der Waals surface area contributed by atoms with E-state index in [0.29, 0.717) is 21.8 Å². The average molecular weight is 420 g/mol. The SMILES string of the molecule is Cc1nc(-c2cccc(NC(=O)c3cccc(NC(=O)c4cccs4)c3)c2)cs1. The predicted molar refractivity (Wildman–Crippen MR) is 119 cm³/mol. The second kappa shape index (κ2) is 8.38. The summed E-state index contributed by atoms with van der Waals surface area (Å²) in [5.74, 6) is -0.437. The lowest BCUT2D eigenvalue weighted by Gasteiger charge is -2.09. The van der Waals surface area contributed by atoms with Crippen molar-refractivity contribution in [3.05, 3.63) is 86.9 Å². The molecule has 0 saturated carbocycles. The molecular formula is C22H17N3O2S2. The second-order valence-corrected chi connectivity index (χ2v) is 8.31. The maximum atomic E-state index is 12.7. The Labute approximate surface area is 176 Å². The van der Waals surface area contributed by atoms with E-state index >= 15 is 0 Å². The van der Waals surface area contributed by atoms with Crippen molar-refractivity contribution in [2.24, 2.45) is 0 Å². The summed E-state index contributed by atoms with van der Waals surface area (Å²) < 4.78 is 0. The highest BCUT2D eigenvalue weighted by atomic mass is 32.1. The van der Waals surface area contributed by atoms with E-state index in [0.717, 1.165) is 16.3 Å². The van der Waals surface area contributed by atoms with Gasteiger partial charge in [0, 0.05) is 27.9 Å². The fraction of sp³-hybridized carbons (Fsp3) is 0.0455. The Morgan fingerprint density at radius 3 is 2.34 bits per heavy atom. The third-order valence-electron chi connectivity index (χ3n) is 4.16. The van der Waals surface area contributed by atoms with E-state index in [1.165, 1.54) is 11.3 Å². The van der Waals surface area contributed by atoms with Gasteiger partial charge in [0.05, 0.1) is 15.6 Å². The van der Waals surface area contributed by atoms with Crippen molar-refractivity contribution in [3.63, 3.8) is 0 Å². The molecule has 144 valence electrons. The standard InChI is InChI=1S/C22H17N3O2S2/c1-14-23-19(13-29-14)15-5-2-7-17(11-15)24-21(26)16-6-3-8-18(12-16)25-22(27)20-9-4-10-28-20/h2-13H,1H3,(H,24,26)(H,25,27). The molecule has 0 aliphatic rings. The van der Waals surface area contributed by atoms with Gasteiger partial charge in [0.2, 0.25) is 0 Å². The lowest BCUT2D eigenvalue weighted by atomic mass is 10.1. The Morgan fingerprint density at radius 1 is 0.862 bits per heavy atom. The number of carbonyl (C=O) groups excluding carboxylic acids is 2. The highest BCUT2D eigenvalue weighted by molar-refractivity contribution is 7.12. The van der Waals surface area contributed by atoms with Gasteiger partial charge < -0.3 is 10.6 Å². The molecule has 2 amide bonds. The minimum atomic E-state index is -0.246. The van der Waals surface area contributed by atoms with Crippen LogP contribution < -0.4 is 10.6 Å². The van der Waals surface area contributed by atoms with Crippen LogP contribution in [0.2, 0.25) is 0 Å². The van der Waals surface area contributed by atoms with Gasteiger partial charge in [0.1, 0.15) is 0 Å². The molecule has 0 unspecified atom stereocenters. The fourth-order valence-electron chi connectivity index (χ4n) is 2.79. The van der Waals surface area contributed by atoms with E-state index in [2.05, 4.69) is 15.6 Å². The lowest BCUT2D eigenvalue weighted by Crippen LogP contribution is -2.14. The van der Waals surface area contributed by atoms with Crippen molar-refractivity contribution in [3.8, 4) is 11.3 Å². The highest BCUT2D eigenvalue weighted by Gasteiger charge is 2.11. The number of nitrogens with zero attached hydrogens (tertiary/aromatic N) is 1. The molecule has 0 atom stereocenters. The third-order valence-corrected chi connectivity index (χ3v) is 5.80. The number of amides is 2. The summed E-state index contributed by atoms with van der Waals surface area (Å²) in [5, 5.41) is 10.6. The molecule has 5 nitrogen and oxygen atoms in total. The van der Waals surface area contributed by atoms with E-state index in [-0.39, 0.29) is 11.8 Å². The summed E-state index contributed by atoms with van der Waals surface area (Å²) in [5.41, 5.74) is 3.56. The normalized spacial score (nSPS) is 10.5. The van der Waals surface area contributed by atoms with Crippen molar-refractivity contribution in [1.82, 2.24) is 4.98 Å². The molecule has 2 aromatic carbocycles. The molecule has 4 rings (SSSR count). The average Bonchev–Trinajstić information content (AvgIpc) is 3.40. The molecule has 29 heavy (non-hydrogen) atoms. The number of aryl methyl sites for hydroxylation is 1. The molecule has 0 radical (unpaired) electrons. The minimum absolute atomic E-state index is 0.191. The van der Waals surface area contributed by atoms with Gasteiger partial charge in [-0.3, -0.25) is 9.59 Å². The first-order valence-corrected chi connectivity index (χ1v) is 10.6. The summed E-state index contributed by atoms with van der Waals surface area (Å²) in [6, 6.07) is 18.0. The summed E-state index contributed by atoms with van der Waals surface area (Å²) in [6.45, 7) is 1.96. The number of hydrogen-bond donors (Lipinski definition) is 2. The first kappa shape index (κ1) is 19.0. The molecule has 0 aliphatic carbocycles. The van der Waals surface area contributed by atoms with Crippen molar-refractivity contribution in [2.45, 2.75) is 6.92 Å². The van der Waals surface area contributed by atoms with Gasteiger partial charge in [-0.05, 0) is 48.7 Å². The zero-order valence-electron chi connectivity index (χ0n) is 15.5. The van der Waals surface area contributed by atoms with Crippen LogP contribution in [0.4, 0.5) is 11.4 Å². The maximum Gasteiger partial charge on any atom is 0.265 e. The molecule has 0 saturated heterocycles. The molecule has 0 aliphatic heterocycles. The van der Waals surface area contributed by atoms with Crippen molar-refractivity contribution in [2.75, 3.05) is 10.6 Å². The highest BCUT2D eigenvalue weighted by Crippen LogP contribution is 2.24. The van der Waals surface area contributed by atoms with Crippen LogP contribution in [0.15, 0.2) is 71.4 Å². The Morgan fingerprint density at radius 2 is 1.62 bits per heavy atom. The molecule has 2 N–H and O–H groups in total. The number of thiazole rings is 1. The van der Waals surface area contributed by atoms with Gasteiger partial charge in [-0.1, -0.05) is 24.3 Å². The Hall–Kier alpha value is -3.29. The molecule has 0 bridgehead atoms. The number of thiophene rings is 1. The van der Waals surface area contributed by atoms with Crippen molar-refractivity contribution < 1.29 is 9.59 Å². The quantitative estimate of drug-likeness (QED) is 0.437. The van der Waals surface area contributed by atoms with Gasteiger partial charge in [0.25, 0.3) is 11.8 Å². The van der Waals surface area contributed by atoms with Crippen LogP contribution in [0.3, 0.4) is 0 Å². The number of nitrogens with one attached hydrogen (secondary N) is 2. The van der Waals surface area contributed by atoms with E-state index < -0.39 is 0 Å². The first-order chi connectivity index (χ1) is 14.1. The number of rotatable bonds is 5. The predicted octanol–water partition coefficient (Wildman–Crippen LogP) is 5.68. The van der Waals surface area contributed by atoms with E-state index in [4.69, 9.17) is 0 Å². The Balaban J connectivity index is 1.48. The van der Waals surface area contributed by atoms with E-state index in [1.54, 1.807) is 41.7 Å². The van der Waals surface area contributed by atoms with Gasteiger partial charge >= 0.3 is 0 Å². The van der Waals surface area contributed by atoms with Crippen LogP contribution in [0.1, 0.15) is 25.0 Å². The summed E-state index contributed by atoms with van der Waals surface area (Å²) in [4.78, 5) is 30.0. The van der Waals surface area contributed by atoms with Crippen LogP contribution in [-0.4, -0.2) is 16.8 Å². The minimum Gasteiger partial charge on any atom is -0.322 e. The number of carbonyl (C=O) groups is 2. The molecule has 2 heterocycles. The summed E-state index contributed by atoms with van der Waals surface area (Å²) >= 11 is 2.96. The fourth-order valence-corrected chi connectivity index (χ4v) is 4.04. The van der Waals surface area contributed by atoms with E-state index in [1.807, 2.05) is 48.0 Å². The third kappa shape index (κ3) is 4.59. The largest absolute Gasteiger partial charge is 0.322 e. The van der Waals surface area contributed by atoms with Crippen LogP contribution in [-0.2, 0) is 0 Å². The van der Waals surface area contributed by atoms with Crippen LogP contribution in [0.25, 0.3) is 11.3 Å². The van der Waals surface area contributed by atoms with Crippen LogP contribution in [0, 0.1) is 6.92 Å². The molecule has 4 aromatic rings. The van der Waals surface area contributed by atoms with Crippen LogP contribution >= 0.6 is 22.7 Å². The van der Waals surface area contributed by atoms with E-state index in [9.17, 15) is 9.59 Å². The zero-order chi connectivity index (χ0) is 20.2. The number of benzene rings is 2. The van der Waals surface area contributed by atoms with Crippen molar-refractivity contribution >= 4 is 45.9 Å². The van der Waals surface area contributed by atoms with Crippen molar-refractivity contribution in [1.29, 1.82) is 0 Å². The Bertz CT molecular complexity index is 1170. The number of aromatic nitrogens is 1. The topological polar surface area (TPSA) is 71.1 Å². The van der Waals surface area contributed by atoms with Gasteiger partial charge in [-0.25, -0.2) is 4.98 Å². The maximum absolute atomic E-state index is 12.7. The molecule has 7 heteroatoms. The summed E-state index contributed by atoms with van der Waals surface area (Å²) in [7, 11) is 0. The van der Waals surface area contributed by atoms with Gasteiger partial charge in [-0.2, -0.15) is 0 Å². The van der Waals surface area contributed by atoms with Gasteiger partial charge in [0.15, 0.2) is 0 Å². The summed E-state index contributed by atoms with van der Waals surface area (Å²) in [6.07, 6.45) is 0. The van der Waals surface area contributed by atoms with Crippen LogP contribution in [0.5, 0.6) is 0 Å². The first-order valence-electron chi connectivity index (χ1n) is 8.87. The van der Waals surface area contributed by atoms with Gasteiger partial charge in [-0.15, -0.1) is 22.7 Å². The lowest BCUT2D eigenvalue weighted by molar-refractivity contribution is 0.101. The molecule has 0 fully saturated rings. The zero-order valence-corrected chi connectivity index (χ0v) is 17.1.